The summed E-state index contributed by atoms with van der Waals surface area (Å²) in [5.74, 6) is 3.87. The highest BCUT2D eigenvalue weighted by Gasteiger charge is 2.21. The van der Waals surface area contributed by atoms with Crippen LogP contribution in [0.5, 0.6) is 5.75 Å². The highest BCUT2D eigenvalue weighted by atomic mass is 16.5. The quantitative estimate of drug-likeness (QED) is 0.783. The van der Waals surface area contributed by atoms with E-state index in [1.54, 1.807) is 0 Å². The molecule has 4 rings (SSSR count). The first-order chi connectivity index (χ1) is 10.7. The number of ether oxygens (including phenoxy) is 1. The van der Waals surface area contributed by atoms with Gasteiger partial charge in [-0.15, -0.1) is 5.10 Å². The molecule has 2 aromatic heterocycles. The van der Waals surface area contributed by atoms with Gasteiger partial charge < -0.3 is 4.74 Å². The normalized spacial score (nSPS) is 13.4. The van der Waals surface area contributed by atoms with E-state index in [2.05, 4.69) is 39.1 Å². The summed E-state index contributed by atoms with van der Waals surface area (Å²) in [4.78, 5) is 9.06. The molecule has 112 valence electrons. The predicted molar refractivity (Wildman–Crippen MR) is 80.0 cm³/mol. The molecule has 0 radical (unpaired) electrons. The molecule has 1 aliphatic heterocycles. The molecule has 1 N–H and O–H groups in total. The van der Waals surface area contributed by atoms with Gasteiger partial charge in [-0.1, -0.05) is 26.0 Å². The van der Waals surface area contributed by atoms with Crippen molar-refractivity contribution >= 4 is 0 Å². The minimum Gasteiger partial charge on any atom is -0.491 e. The fourth-order valence-corrected chi connectivity index (χ4v) is 2.44. The SMILES string of the molecule is CC(C)c1n[nH]c(-c2nc3n(n2)-c2ccccc2OCC3)n1. The van der Waals surface area contributed by atoms with Crippen molar-refractivity contribution in [3.05, 3.63) is 35.9 Å². The van der Waals surface area contributed by atoms with Crippen LogP contribution in [0.3, 0.4) is 0 Å². The Morgan fingerprint density at radius 2 is 2.09 bits per heavy atom. The van der Waals surface area contributed by atoms with E-state index in [9.17, 15) is 0 Å². The van der Waals surface area contributed by atoms with Crippen molar-refractivity contribution in [3.63, 3.8) is 0 Å². The molecule has 22 heavy (non-hydrogen) atoms. The summed E-state index contributed by atoms with van der Waals surface area (Å²) in [7, 11) is 0. The third kappa shape index (κ3) is 2.05. The zero-order valence-corrected chi connectivity index (χ0v) is 12.4. The number of aromatic amines is 1. The van der Waals surface area contributed by atoms with Gasteiger partial charge in [0.05, 0.1) is 6.61 Å². The summed E-state index contributed by atoms with van der Waals surface area (Å²) in [6, 6.07) is 7.83. The van der Waals surface area contributed by atoms with Crippen LogP contribution in [-0.2, 0) is 6.42 Å². The highest BCUT2D eigenvalue weighted by Crippen LogP contribution is 2.27. The molecule has 0 saturated heterocycles. The van der Waals surface area contributed by atoms with Crippen LogP contribution in [0, 0.1) is 0 Å². The Morgan fingerprint density at radius 3 is 2.91 bits per heavy atom. The van der Waals surface area contributed by atoms with Crippen LogP contribution in [0.2, 0.25) is 0 Å². The van der Waals surface area contributed by atoms with Crippen molar-refractivity contribution in [2.24, 2.45) is 0 Å². The van der Waals surface area contributed by atoms with Crippen molar-refractivity contribution in [3.8, 4) is 23.1 Å². The van der Waals surface area contributed by atoms with Crippen LogP contribution >= 0.6 is 0 Å². The molecule has 0 amide bonds. The fourth-order valence-electron chi connectivity index (χ4n) is 2.44. The van der Waals surface area contributed by atoms with E-state index in [1.807, 2.05) is 28.9 Å². The Balaban J connectivity index is 1.80. The first-order valence-electron chi connectivity index (χ1n) is 7.33. The third-order valence-corrected chi connectivity index (χ3v) is 3.58. The van der Waals surface area contributed by atoms with Crippen molar-refractivity contribution in [1.29, 1.82) is 0 Å². The lowest BCUT2D eigenvalue weighted by atomic mass is 10.2. The summed E-state index contributed by atoms with van der Waals surface area (Å²) < 4.78 is 7.56. The largest absolute Gasteiger partial charge is 0.491 e. The van der Waals surface area contributed by atoms with Crippen LogP contribution in [0.4, 0.5) is 0 Å². The summed E-state index contributed by atoms with van der Waals surface area (Å²) in [5, 5.41) is 11.7. The number of nitrogens with one attached hydrogen (secondary N) is 1. The molecular weight excluding hydrogens is 280 g/mol. The Kier molecular flexibility index (Phi) is 2.92. The van der Waals surface area contributed by atoms with Gasteiger partial charge in [0, 0.05) is 12.3 Å². The Labute approximate surface area is 127 Å². The van der Waals surface area contributed by atoms with Gasteiger partial charge in [-0.25, -0.2) is 14.6 Å². The second kappa shape index (κ2) is 4.94. The van der Waals surface area contributed by atoms with Gasteiger partial charge in [-0.2, -0.15) is 5.10 Å². The number of rotatable bonds is 2. The minimum atomic E-state index is 0.263. The average molecular weight is 296 g/mol. The Bertz CT molecular complexity index is 819. The molecule has 7 heteroatoms. The first kappa shape index (κ1) is 13.0. The molecule has 0 bridgehead atoms. The van der Waals surface area contributed by atoms with Gasteiger partial charge in [0.25, 0.3) is 0 Å². The van der Waals surface area contributed by atoms with Crippen LogP contribution in [0.1, 0.15) is 31.4 Å². The molecule has 0 spiro atoms. The van der Waals surface area contributed by atoms with Crippen molar-refractivity contribution in [2.75, 3.05) is 6.61 Å². The van der Waals surface area contributed by atoms with Gasteiger partial charge in [0.15, 0.2) is 11.6 Å². The van der Waals surface area contributed by atoms with Crippen molar-refractivity contribution < 1.29 is 4.74 Å². The lowest BCUT2D eigenvalue weighted by molar-refractivity contribution is 0.325. The molecule has 1 aromatic carbocycles. The van der Waals surface area contributed by atoms with Gasteiger partial charge in [0.2, 0.25) is 5.82 Å². The number of benzene rings is 1. The van der Waals surface area contributed by atoms with E-state index in [1.165, 1.54) is 0 Å². The molecule has 0 unspecified atom stereocenters. The lowest BCUT2D eigenvalue weighted by Gasteiger charge is -2.06. The maximum absolute atomic E-state index is 5.73. The lowest BCUT2D eigenvalue weighted by Crippen LogP contribution is -2.01. The number of H-pyrrole nitrogens is 1. The summed E-state index contributed by atoms with van der Waals surface area (Å²) >= 11 is 0. The summed E-state index contributed by atoms with van der Waals surface area (Å²) in [6.45, 7) is 4.69. The summed E-state index contributed by atoms with van der Waals surface area (Å²) in [6.07, 6.45) is 0.701. The molecule has 0 aliphatic carbocycles. The molecule has 7 nitrogen and oxygen atoms in total. The molecule has 3 aromatic rings. The summed E-state index contributed by atoms with van der Waals surface area (Å²) in [5.41, 5.74) is 0.900. The smallest absolute Gasteiger partial charge is 0.219 e. The molecule has 0 saturated carbocycles. The predicted octanol–water partition coefficient (Wildman–Crippen LogP) is 2.11. The van der Waals surface area contributed by atoms with E-state index in [0.717, 1.165) is 23.1 Å². The number of hydrogen-bond acceptors (Lipinski definition) is 5. The van der Waals surface area contributed by atoms with Gasteiger partial charge in [-0.3, -0.25) is 5.10 Å². The standard InChI is InChI=1S/C15H16N6O/c1-9(2)13-17-14(19-18-13)15-16-12-7-8-22-11-6-4-3-5-10(11)21(12)20-15/h3-6,9H,7-8H2,1-2H3,(H,17,18,19). The minimum absolute atomic E-state index is 0.263. The maximum Gasteiger partial charge on any atom is 0.219 e. The van der Waals surface area contributed by atoms with E-state index in [4.69, 9.17) is 4.74 Å². The highest BCUT2D eigenvalue weighted by molar-refractivity contribution is 5.50. The second-order valence-corrected chi connectivity index (χ2v) is 5.53. The molecular formula is C15H16N6O. The van der Waals surface area contributed by atoms with Crippen molar-refractivity contribution in [2.45, 2.75) is 26.2 Å². The maximum atomic E-state index is 5.73. The van der Waals surface area contributed by atoms with E-state index in [-0.39, 0.29) is 5.92 Å². The zero-order chi connectivity index (χ0) is 15.1. The zero-order valence-electron chi connectivity index (χ0n) is 12.4. The topological polar surface area (TPSA) is 81.5 Å². The Morgan fingerprint density at radius 1 is 1.23 bits per heavy atom. The number of aromatic nitrogens is 6. The van der Waals surface area contributed by atoms with E-state index < -0.39 is 0 Å². The third-order valence-electron chi connectivity index (χ3n) is 3.58. The van der Waals surface area contributed by atoms with Crippen molar-refractivity contribution in [1.82, 2.24) is 29.9 Å². The Hall–Kier alpha value is -2.70. The number of para-hydroxylation sites is 2. The second-order valence-electron chi connectivity index (χ2n) is 5.53. The van der Waals surface area contributed by atoms with Gasteiger partial charge >= 0.3 is 0 Å². The van der Waals surface area contributed by atoms with Gasteiger partial charge in [0.1, 0.15) is 17.3 Å². The van der Waals surface area contributed by atoms with Crippen LogP contribution in [0.15, 0.2) is 24.3 Å². The number of nitrogens with zero attached hydrogens (tertiary/aromatic N) is 5. The monoisotopic (exact) mass is 296 g/mol. The van der Waals surface area contributed by atoms with E-state index in [0.29, 0.717) is 24.7 Å². The number of hydrogen-bond donors (Lipinski definition) is 1. The van der Waals surface area contributed by atoms with Gasteiger partial charge in [-0.05, 0) is 12.1 Å². The van der Waals surface area contributed by atoms with E-state index >= 15 is 0 Å². The average Bonchev–Trinajstić information content (AvgIpc) is 3.12. The molecule has 0 atom stereocenters. The number of fused-ring (bicyclic) bond motifs is 3. The first-order valence-corrected chi connectivity index (χ1v) is 7.33. The van der Waals surface area contributed by atoms with Crippen LogP contribution in [0.25, 0.3) is 17.3 Å². The molecule has 1 aliphatic rings. The van der Waals surface area contributed by atoms with Crippen LogP contribution < -0.4 is 4.74 Å². The van der Waals surface area contributed by atoms with Crippen LogP contribution in [-0.4, -0.2) is 36.6 Å². The fraction of sp³-hybridized carbons (Fsp3) is 0.333. The molecule has 3 heterocycles. The molecule has 0 fully saturated rings.